The molecule has 21 heavy (non-hydrogen) atoms. The van der Waals surface area contributed by atoms with Gasteiger partial charge < -0.3 is 10.5 Å². The molecule has 0 aliphatic heterocycles. The maximum atomic E-state index is 12.5. The van der Waals surface area contributed by atoms with Gasteiger partial charge >= 0.3 is 5.97 Å². The summed E-state index contributed by atoms with van der Waals surface area (Å²) < 4.78 is 5.68. The summed E-state index contributed by atoms with van der Waals surface area (Å²) >= 11 is 0. The molecule has 1 unspecified atom stereocenters. The van der Waals surface area contributed by atoms with Crippen LogP contribution < -0.4 is 5.73 Å². The molecule has 0 aromatic heterocycles. The monoisotopic (exact) mass is 281 g/mol. The predicted octanol–water partition coefficient (Wildman–Crippen LogP) is 3.60. The van der Waals surface area contributed by atoms with E-state index in [1.807, 2.05) is 61.5 Å². The number of nitrogens with two attached hydrogens (primary N) is 1. The van der Waals surface area contributed by atoms with Crippen molar-refractivity contribution in [2.45, 2.75) is 31.3 Å². The van der Waals surface area contributed by atoms with Crippen LogP contribution in [0.2, 0.25) is 0 Å². The van der Waals surface area contributed by atoms with Crippen molar-refractivity contribution in [2.24, 2.45) is 0 Å². The Morgan fingerprint density at radius 2 is 1.71 bits per heavy atom. The molecule has 3 heteroatoms. The summed E-state index contributed by atoms with van der Waals surface area (Å²) in [5.74, 6) is -0.136. The molecule has 0 amide bonds. The molecule has 0 bridgehead atoms. The fraction of sp³-hybridized carbons (Fsp3) is 0.278. The van der Waals surface area contributed by atoms with Crippen LogP contribution in [0.1, 0.15) is 37.0 Å². The van der Waals surface area contributed by atoms with Crippen molar-refractivity contribution in [1.29, 1.82) is 0 Å². The maximum absolute atomic E-state index is 12.5. The Morgan fingerprint density at radius 1 is 1.10 bits per heavy atom. The maximum Gasteiger partial charge on any atom is 0.317 e. The van der Waals surface area contributed by atoms with Crippen molar-refractivity contribution < 1.29 is 9.53 Å². The first-order chi connectivity index (χ1) is 10.1. The Morgan fingerprint density at radius 3 is 2.29 bits per heavy atom. The predicted molar refractivity (Wildman–Crippen MR) is 82.7 cm³/mol. The highest BCUT2D eigenvalue weighted by atomic mass is 16.5. The molecule has 0 spiro atoms. The third kappa shape index (κ3) is 2.64. The molecule has 108 valence electrons. The summed E-state index contributed by atoms with van der Waals surface area (Å²) in [5, 5.41) is 0. The number of benzene rings is 2. The summed E-state index contributed by atoms with van der Waals surface area (Å²) in [5.41, 5.74) is 7.97. The van der Waals surface area contributed by atoms with Crippen molar-refractivity contribution in [3.05, 3.63) is 65.7 Å². The van der Waals surface area contributed by atoms with Gasteiger partial charge in [0.05, 0.1) is 5.41 Å². The van der Waals surface area contributed by atoms with E-state index in [0.717, 1.165) is 24.0 Å². The average Bonchev–Trinajstić information content (AvgIpc) is 3.30. The number of hydrogen-bond donors (Lipinski definition) is 1. The molecule has 0 heterocycles. The molecule has 1 fully saturated rings. The van der Waals surface area contributed by atoms with E-state index < -0.39 is 5.41 Å². The Balaban J connectivity index is 1.75. The lowest BCUT2D eigenvalue weighted by atomic mass is 9.96. The Labute approximate surface area is 124 Å². The van der Waals surface area contributed by atoms with E-state index in [4.69, 9.17) is 10.5 Å². The van der Waals surface area contributed by atoms with Crippen molar-refractivity contribution in [1.82, 2.24) is 0 Å². The topological polar surface area (TPSA) is 52.3 Å². The first kappa shape index (κ1) is 13.7. The summed E-state index contributed by atoms with van der Waals surface area (Å²) in [6.07, 6.45) is 1.46. The standard InChI is InChI=1S/C18H19NO2/c1-13(14-5-3-2-4-6-14)21-17(20)18(11-12-18)15-7-9-16(19)10-8-15/h2-10,13H,11-12,19H2,1H3. The summed E-state index contributed by atoms with van der Waals surface area (Å²) in [6.45, 7) is 1.91. The van der Waals surface area contributed by atoms with E-state index in [1.165, 1.54) is 0 Å². The molecule has 1 atom stereocenters. The van der Waals surface area contributed by atoms with Gasteiger partial charge in [-0.05, 0) is 43.0 Å². The van der Waals surface area contributed by atoms with Crippen LogP contribution in [0, 0.1) is 0 Å². The number of nitrogen functional groups attached to an aromatic ring is 1. The van der Waals surface area contributed by atoms with Gasteiger partial charge in [-0.1, -0.05) is 42.5 Å². The van der Waals surface area contributed by atoms with E-state index >= 15 is 0 Å². The summed E-state index contributed by atoms with van der Waals surface area (Å²) in [7, 11) is 0. The van der Waals surface area contributed by atoms with E-state index in [1.54, 1.807) is 0 Å². The molecule has 1 aliphatic carbocycles. The molecule has 2 aromatic carbocycles. The first-order valence-electron chi connectivity index (χ1n) is 7.24. The van der Waals surface area contributed by atoms with Crippen LogP contribution in [-0.4, -0.2) is 5.97 Å². The van der Waals surface area contributed by atoms with Crippen LogP contribution in [-0.2, 0) is 14.9 Å². The van der Waals surface area contributed by atoms with Crippen LogP contribution in [0.4, 0.5) is 5.69 Å². The minimum Gasteiger partial charge on any atom is -0.457 e. The molecule has 3 rings (SSSR count). The Hall–Kier alpha value is -2.29. The lowest BCUT2D eigenvalue weighted by molar-refractivity contribution is -0.151. The van der Waals surface area contributed by atoms with Crippen LogP contribution >= 0.6 is 0 Å². The molecule has 2 N–H and O–H groups in total. The van der Waals surface area contributed by atoms with Gasteiger partial charge in [-0.25, -0.2) is 0 Å². The average molecular weight is 281 g/mol. The normalized spacial score (nSPS) is 17.0. The number of rotatable bonds is 4. The largest absolute Gasteiger partial charge is 0.457 e. The van der Waals surface area contributed by atoms with Gasteiger partial charge in [0, 0.05) is 5.69 Å². The number of anilines is 1. The molecule has 0 radical (unpaired) electrons. The first-order valence-corrected chi connectivity index (χ1v) is 7.24. The SMILES string of the molecule is CC(OC(=O)C1(c2ccc(N)cc2)CC1)c1ccccc1. The quantitative estimate of drug-likeness (QED) is 0.688. The number of hydrogen-bond acceptors (Lipinski definition) is 3. The molecule has 1 aliphatic rings. The van der Waals surface area contributed by atoms with Crippen molar-refractivity contribution >= 4 is 11.7 Å². The highest BCUT2D eigenvalue weighted by Gasteiger charge is 2.53. The smallest absolute Gasteiger partial charge is 0.317 e. The van der Waals surface area contributed by atoms with Crippen LogP contribution in [0.15, 0.2) is 54.6 Å². The highest BCUT2D eigenvalue weighted by Crippen LogP contribution is 2.50. The van der Waals surface area contributed by atoms with Gasteiger partial charge in [0.25, 0.3) is 0 Å². The third-order valence-electron chi connectivity index (χ3n) is 4.16. The Bertz CT molecular complexity index is 630. The van der Waals surface area contributed by atoms with Gasteiger partial charge in [-0.2, -0.15) is 0 Å². The summed E-state index contributed by atoms with van der Waals surface area (Å²) in [4.78, 5) is 12.5. The molecular weight excluding hydrogens is 262 g/mol. The minimum atomic E-state index is -0.462. The van der Waals surface area contributed by atoms with Gasteiger partial charge in [-0.15, -0.1) is 0 Å². The van der Waals surface area contributed by atoms with E-state index in [9.17, 15) is 4.79 Å². The fourth-order valence-corrected chi connectivity index (χ4v) is 2.60. The zero-order valence-corrected chi connectivity index (χ0v) is 12.1. The zero-order valence-electron chi connectivity index (χ0n) is 12.1. The van der Waals surface area contributed by atoms with Crippen molar-refractivity contribution in [2.75, 3.05) is 5.73 Å². The molecule has 2 aromatic rings. The molecule has 0 saturated heterocycles. The second kappa shape index (κ2) is 5.24. The van der Waals surface area contributed by atoms with Crippen molar-refractivity contribution in [3.8, 4) is 0 Å². The van der Waals surface area contributed by atoms with Gasteiger partial charge in [0.1, 0.15) is 6.10 Å². The van der Waals surface area contributed by atoms with E-state index in [0.29, 0.717) is 5.69 Å². The Kier molecular flexibility index (Phi) is 3.42. The fourth-order valence-electron chi connectivity index (χ4n) is 2.60. The number of esters is 1. The van der Waals surface area contributed by atoms with Crippen LogP contribution in [0.5, 0.6) is 0 Å². The van der Waals surface area contributed by atoms with Gasteiger partial charge in [0.15, 0.2) is 0 Å². The minimum absolute atomic E-state index is 0.136. The molecule has 1 saturated carbocycles. The highest BCUT2D eigenvalue weighted by molar-refractivity contribution is 5.87. The van der Waals surface area contributed by atoms with Crippen LogP contribution in [0.25, 0.3) is 0 Å². The summed E-state index contributed by atoms with van der Waals surface area (Å²) in [6, 6.07) is 17.3. The second-order valence-corrected chi connectivity index (χ2v) is 5.66. The lowest BCUT2D eigenvalue weighted by Gasteiger charge is -2.19. The lowest BCUT2D eigenvalue weighted by Crippen LogP contribution is -2.24. The second-order valence-electron chi connectivity index (χ2n) is 5.66. The van der Waals surface area contributed by atoms with Gasteiger partial charge in [0.2, 0.25) is 0 Å². The van der Waals surface area contributed by atoms with E-state index in [-0.39, 0.29) is 12.1 Å². The van der Waals surface area contributed by atoms with Gasteiger partial charge in [-0.3, -0.25) is 4.79 Å². The van der Waals surface area contributed by atoms with Crippen molar-refractivity contribution in [3.63, 3.8) is 0 Å². The number of carbonyl (C=O) groups excluding carboxylic acids is 1. The number of ether oxygens (including phenoxy) is 1. The molecule has 3 nitrogen and oxygen atoms in total. The zero-order chi connectivity index (χ0) is 14.9. The van der Waals surface area contributed by atoms with E-state index in [2.05, 4.69) is 0 Å². The third-order valence-corrected chi connectivity index (χ3v) is 4.16. The number of carbonyl (C=O) groups is 1. The molecular formula is C18H19NO2. The van der Waals surface area contributed by atoms with Crippen LogP contribution in [0.3, 0.4) is 0 Å².